The Kier molecular flexibility index (Phi) is 6.65. The second-order valence-electron chi connectivity index (χ2n) is 5.82. The molecule has 5 nitrogen and oxygen atoms in total. The Morgan fingerprint density at radius 3 is 2.46 bits per heavy atom. The second-order valence-corrected chi connectivity index (χ2v) is 6.22. The molecule has 0 aliphatic carbocycles. The van der Waals surface area contributed by atoms with Gasteiger partial charge in [0.15, 0.2) is 0 Å². The Morgan fingerprint density at radius 2 is 1.68 bits per heavy atom. The molecule has 0 fully saturated rings. The molecular weight excluding hydrogens is 376 g/mol. The van der Waals surface area contributed by atoms with Crippen molar-refractivity contribution in [3.05, 3.63) is 94.5 Å². The summed E-state index contributed by atoms with van der Waals surface area (Å²) in [6, 6.07) is 21.8. The predicted molar refractivity (Wildman–Crippen MR) is 110 cm³/mol. The van der Waals surface area contributed by atoms with Gasteiger partial charge in [0, 0.05) is 16.1 Å². The molecule has 1 N–H and O–H groups in total. The highest BCUT2D eigenvalue weighted by Gasteiger charge is 2.12. The Balaban J connectivity index is 1.69. The van der Waals surface area contributed by atoms with E-state index in [1.165, 1.54) is 6.21 Å². The normalized spacial score (nSPS) is 10.6. The predicted octanol–water partition coefficient (Wildman–Crippen LogP) is 4.69. The number of rotatable bonds is 7. The SMILES string of the molecule is COc1ccccc1/C=N\NC(=O)c1ccccc1OCc1ccccc1Cl. The fourth-order valence-electron chi connectivity index (χ4n) is 2.54. The maximum Gasteiger partial charge on any atom is 0.275 e. The van der Waals surface area contributed by atoms with Gasteiger partial charge in [-0.2, -0.15) is 5.10 Å². The van der Waals surface area contributed by atoms with Crippen LogP contribution in [0.25, 0.3) is 0 Å². The van der Waals surface area contributed by atoms with E-state index in [1.807, 2.05) is 42.5 Å². The van der Waals surface area contributed by atoms with Gasteiger partial charge in [0.25, 0.3) is 5.91 Å². The van der Waals surface area contributed by atoms with Crippen molar-refractivity contribution in [3.63, 3.8) is 0 Å². The maximum absolute atomic E-state index is 12.5. The first kappa shape index (κ1) is 19.5. The summed E-state index contributed by atoms with van der Waals surface area (Å²) < 4.78 is 11.1. The summed E-state index contributed by atoms with van der Waals surface area (Å²) in [5, 5.41) is 4.64. The van der Waals surface area contributed by atoms with Crippen molar-refractivity contribution >= 4 is 23.7 Å². The fraction of sp³-hybridized carbons (Fsp3) is 0.0909. The maximum atomic E-state index is 12.5. The highest BCUT2D eigenvalue weighted by atomic mass is 35.5. The number of para-hydroxylation sites is 2. The molecule has 0 radical (unpaired) electrons. The van der Waals surface area contributed by atoms with Gasteiger partial charge in [0.05, 0.1) is 18.9 Å². The van der Waals surface area contributed by atoms with E-state index in [9.17, 15) is 4.79 Å². The van der Waals surface area contributed by atoms with Crippen LogP contribution in [0.4, 0.5) is 0 Å². The summed E-state index contributed by atoms with van der Waals surface area (Å²) in [6.07, 6.45) is 1.53. The Labute approximate surface area is 168 Å². The molecule has 0 bridgehead atoms. The van der Waals surface area contributed by atoms with Crippen LogP contribution in [0.1, 0.15) is 21.5 Å². The van der Waals surface area contributed by atoms with E-state index in [-0.39, 0.29) is 12.5 Å². The van der Waals surface area contributed by atoms with Crippen molar-refractivity contribution in [3.8, 4) is 11.5 Å². The quantitative estimate of drug-likeness (QED) is 0.467. The van der Waals surface area contributed by atoms with E-state index in [4.69, 9.17) is 21.1 Å². The van der Waals surface area contributed by atoms with E-state index in [0.717, 1.165) is 11.1 Å². The molecule has 0 unspecified atom stereocenters. The molecule has 0 saturated heterocycles. The summed E-state index contributed by atoms with van der Waals surface area (Å²) in [5.41, 5.74) is 4.50. The summed E-state index contributed by atoms with van der Waals surface area (Å²) >= 11 is 6.16. The summed E-state index contributed by atoms with van der Waals surface area (Å²) in [7, 11) is 1.58. The number of hydrazone groups is 1. The summed E-state index contributed by atoms with van der Waals surface area (Å²) in [6.45, 7) is 0.258. The zero-order chi connectivity index (χ0) is 19.8. The van der Waals surface area contributed by atoms with Crippen molar-refractivity contribution in [2.75, 3.05) is 7.11 Å². The highest BCUT2D eigenvalue weighted by Crippen LogP contribution is 2.22. The molecule has 0 heterocycles. The number of nitrogens with zero attached hydrogens (tertiary/aromatic N) is 1. The minimum Gasteiger partial charge on any atom is -0.496 e. The standard InChI is InChI=1S/C22H19ClN2O3/c1-27-20-12-6-3-8-16(20)14-24-25-22(26)18-10-4-7-13-21(18)28-15-17-9-2-5-11-19(17)23/h2-14H,15H2,1H3,(H,25,26)/b24-14-. The number of carbonyl (C=O) groups is 1. The first-order valence-corrected chi connectivity index (χ1v) is 8.98. The van der Waals surface area contributed by atoms with E-state index in [2.05, 4.69) is 10.5 Å². The highest BCUT2D eigenvalue weighted by molar-refractivity contribution is 6.31. The molecule has 3 aromatic rings. The lowest BCUT2D eigenvalue weighted by atomic mass is 10.2. The first-order valence-electron chi connectivity index (χ1n) is 8.60. The van der Waals surface area contributed by atoms with E-state index in [0.29, 0.717) is 22.1 Å². The van der Waals surface area contributed by atoms with Crippen molar-refractivity contribution in [1.29, 1.82) is 0 Å². The van der Waals surface area contributed by atoms with Crippen LogP contribution in [0.15, 0.2) is 77.9 Å². The molecule has 0 aromatic heterocycles. The van der Waals surface area contributed by atoms with Crippen molar-refractivity contribution < 1.29 is 14.3 Å². The minimum atomic E-state index is -0.374. The fourth-order valence-corrected chi connectivity index (χ4v) is 2.74. The average Bonchev–Trinajstić information content (AvgIpc) is 2.73. The number of nitrogens with one attached hydrogen (secondary N) is 1. The molecule has 0 spiro atoms. The number of hydrogen-bond acceptors (Lipinski definition) is 4. The van der Waals surface area contributed by atoms with Crippen molar-refractivity contribution in [2.45, 2.75) is 6.61 Å². The number of methoxy groups -OCH3 is 1. The van der Waals surface area contributed by atoms with Gasteiger partial charge < -0.3 is 9.47 Å². The molecule has 3 aromatic carbocycles. The number of hydrogen-bond donors (Lipinski definition) is 1. The lowest BCUT2D eigenvalue weighted by molar-refractivity contribution is 0.0950. The Morgan fingerprint density at radius 1 is 1.00 bits per heavy atom. The molecule has 6 heteroatoms. The van der Waals surface area contributed by atoms with E-state index in [1.54, 1.807) is 37.4 Å². The zero-order valence-electron chi connectivity index (χ0n) is 15.3. The van der Waals surface area contributed by atoms with E-state index < -0.39 is 0 Å². The Hall–Kier alpha value is -3.31. The summed E-state index contributed by atoms with van der Waals surface area (Å²) in [5.74, 6) is 0.747. The third kappa shape index (κ3) is 4.90. The minimum absolute atomic E-state index is 0.258. The lowest BCUT2D eigenvalue weighted by Crippen LogP contribution is -2.18. The molecule has 0 atom stereocenters. The van der Waals surface area contributed by atoms with Gasteiger partial charge in [0.1, 0.15) is 18.1 Å². The van der Waals surface area contributed by atoms with Gasteiger partial charge in [-0.05, 0) is 30.3 Å². The lowest BCUT2D eigenvalue weighted by Gasteiger charge is -2.11. The largest absolute Gasteiger partial charge is 0.496 e. The zero-order valence-corrected chi connectivity index (χ0v) is 16.0. The topological polar surface area (TPSA) is 59.9 Å². The van der Waals surface area contributed by atoms with Crippen LogP contribution in [0.5, 0.6) is 11.5 Å². The van der Waals surface area contributed by atoms with Crippen molar-refractivity contribution in [1.82, 2.24) is 5.43 Å². The molecule has 142 valence electrons. The molecule has 1 amide bonds. The number of carbonyl (C=O) groups excluding carboxylic acids is 1. The van der Waals surface area contributed by atoms with Crippen LogP contribution >= 0.6 is 11.6 Å². The Bertz CT molecular complexity index is 989. The van der Waals surface area contributed by atoms with E-state index >= 15 is 0 Å². The number of halogens is 1. The van der Waals surface area contributed by atoms with Gasteiger partial charge in [-0.1, -0.05) is 54.1 Å². The van der Waals surface area contributed by atoms with Gasteiger partial charge in [-0.25, -0.2) is 5.43 Å². The van der Waals surface area contributed by atoms with Crippen LogP contribution in [0.3, 0.4) is 0 Å². The van der Waals surface area contributed by atoms with Gasteiger partial charge >= 0.3 is 0 Å². The second kappa shape index (κ2) is 9.58. The molecular formula is C22H19ClN2O3. The molecule has 3 rings (SSSR count). The number of benzene rings is 3. The number of ether oxygens (including phenoxy) is 2. The summed E-state index contributed by atoms with van der Waals surface area (Å²) in [4.78, 5) is 12.5. The molecule has 0 aliphatic heterocycles. The van der Waals surface area contributed by atoms with Crippen LogP contribution in [-0.2, 0) is 6.61 Å². The average molecular weight is 395 g/mol. The molecule has 28 heavy (non-hydrogen) atoms. The third-order valence-electron chi connectivity index (χ3n) is 3.98. The smallest absolute Gasteiger partial charge is 0.275 e. The number of amides is 1. The van der Waals surface area contributed by atoms with Crippen LogP contribution in [0, 0.1) is 0 Å². The van der Waals surface area contributed by atoms with Crippen LogP contribution in [0.2, 0.25) is 5.02 Å². The molecule has 0 aliphatic rings. The van der Waals surface area contributed by atoms with Gasteiger partial charge in [0.2, 0.25) is 0 Å². The van der Waals surface area contributed by atoms with Gasteiger partial charge in [-0.15, -0.1) is 0 Å². The van der Waals surface area contributed by atoms with Crippen molar-refractivity contribution in [2.24, 2.45) is 5.10 Å². The van der Waals surface area contributed by atoms with Gasteiger partial charge in [-0.3, -0.25) is 4.79 Å². The first-order chi connectivity index (χ1) is 13.7. The molecule has 0 saturated carbocycles. The third-order valence-corrected chi connectivity index (χ3v) is 4.35. The van der Waals surface area contributed by atoms with Crippen LogP contribution < -0.4 is 14.9 Å². The monoisotopic (exact) mass is 394 g/mol. The van der Waals surface area contributed by atoms with Crippen LogP contribution in [-0.4, -0.2) is 19.2 Å².